The molecular weight excluding hydrogens is 279 g/mol. The number of hydrogen-bond acceptors (Lipinski definition) is 3. The fraction of sp³-hybridized carbons (Fsp3) is 0.500. The van der Waals surface area contributed by atoms with Crippen molar-refractivity contribution in [3.63, 3.8) is 0 Å². The van der Waals surface area contributed by atoms with Crippen LogP contribution >= 0.6 is 11.8 Å². The van der Waals surface area contributed by atoms with Crippen LogP contribution in [0.15, 0.2) is 23.1 Å². The number of benzene rings is 1. The Labute approximate surface area is 122 Å². The summed E-state index contributed by atoms with van der Waals surface area (Å²) in [6.45, 7) is 0. The van der Waals surface area contributed by atoms with Crippen LogP contribution in [0.1, 0.15) is 25.7 Å². The summed E-state index contributed by atoms with van der Waals surface area (Å²) in [5.41, 5.74) is 0.406. The van der Waals surface area contributed by atoms with Crippen molar-refractivity contribution >= 4 is 23.5 Å². The standard InChI is InChI=1S/C14H19FN2O2S/c1-20-13-7-6-9(8-10(13)15)16-14(19)17-11-4-2-3-5-12(11)18/h6-8,11-12,18H,2-5H2,1H3,(H2,16,17,19)/t11-,12-/m0/s1. The number of carbonyl (C=O) groups excluding carboxylic acids is 1. The Morgan fingerprint density at radius 1 is 1.40 bits per heavy atom. The first kappa shape index (κ1) is 15.1. The average molecular weight is 298 g/mol. The minimum atomic E-state index is -0.495. The van der Waals surface area contributed by atoms with Gasteiger partial charge in [-0.1, -0.05) is 12.8 Å². The number of urea groups is 1. The van der Waals surface area contributed by atoms with Crippen LogP contribution in [0, 0.1) is 5.82 Å². The second-order valence-corrected chi connectivity index (χ2v) is 5.75. The number of anilines is 1. The Balaban J connectivity index is 1.92. The molecule has 0 aromatic heterocycles. The smallest absolute Gasteiger partial charge is 0.319 e. The van der Waals surface area contributed by atoms with E-state index in [1.54, 1.807) is 18.4 Å². The second kappa shape index (κ2) is 6.95. The summed E-state index contributed by atoms with van der Waals surface area (Å²) in [5, 5.41) is 15.1. The van der Waals surface area contributed by atoms with Gasteiger partial charge in [0.25, 0.3) is 0 Å². The molecule has 20 heavy (non-hydrogen) atoms. The number of aliphatic hydroxyl groups excluding tert-OH is 1. The van der Waals surface area contributed by atoms with Crippen LogP contribution < -0.4 is 10.6 Å². The summed E-state index contributed by atoms with van der Waals surface area (Å²) in [6.07, 6.45) is 4.77. The van der Waals surface area contributed by atoms with E-state index in [-0.39, 0.29) is 11.9 Å². The van der Waals surface area contributed by atoms with Gasteiger partial charge in [0.15, 0.2) is 0 Å². The minimum Gasteiger partial charge on any atom is -0.391 e. The maximum atomic E-state index is 13.6. The Morgan fingerprint density at radius 3 is 2.80 bits per heavy atom. The van der Waals surface area contributed by atoms with Crippen LogP contribution in [0.25, 0.3) is 0 Å². The van der Waals surface area contributed by atoms with Gasteiger partial charge in [-0.15, -0.1) is 11.8 Å². The number of rotatable bonds is 3. The van der Waals surface area contributed by atoms with Gasteiger partial charge >= 0.3 is 6.03 Å². The van der Waals surface area contributed by atoms with Crippen LogP contribution in [-0.2, 0) is 0 Å². The number of amides is 2. The van der Waals surface area contributed by atoms with E-state index in [9.17, 15) is 14.3 Å². The molecule has 110 valence electrons. The van der Waals surface area contributed by atoms with Crippen LogP contribution in [0.3, 0.4) is 0 Å². The molecule has 4 nitrogen and oxygen atoms in total. The summed E-state index contributed by atoms with van der Waals surface area (Å²) in [5.74, 6) is -0.354. The number of aliphatic hydroxyl groups is 1. The van der Waals surface area contributed by atoms with Crippen molar-refractivity contribution < 1.29 is 14.3 Å². The maximum absolute atomic E-state index is 13.6. The number of halogens is 1. The predicted octanol–water partition coefficient (Wildman–Crippen LogP) is 2.97. The third-order valence-electron chi connectivity index (χ3n) is 3.46. The molecule has 1 saturated carbocycles. The monoisotopic (exact) mass is 298 g/mol. The van der Waals surface area contributed by atoms with Gasteiger partial charge in [-0.05, 0) is 37.3 Å². The SMILES string of the molecule is CSc1ccc(NC(=O)N[C@H]2CCCC[C@@H]2O)cc1F. The van der Waals surface area contributed by atoms with E-state index in [4.69, 9.17) is 0 Å². The number of nitrogens with one attached hydrogen (secondary N) is 2. The lowest BCUT2D eigenvalue weighted by atomic mass is 9.93. The molecule has 0 spiro atoms. The van der Waals surface area contributed by atoms with Gasteiger partial charge in [0.1, 0.15) is 5.82 Å². The van der Waals surface area contributed by atoms with Crippen molar-refractivity contribution in [3.8, 4) is 0 Å². The normalized spacial score (nSPS) is 22.4. The third-order valence-corrected chi connectivity index (χ3v) is 4.23. The first-order valence-corrected chi connectivity index (χ1v) is 7.91. The lowest BCUT2D eigenvalue weighted by Gasteiger charge is -2.28. The number of thioether (sulfide) groups is 1. The lowest BCUT2D eigenvalue weighted by molar-refractivity contribution is 0.0955. The van der Waals surface area contributed by atoms with E-state index < -0.39 is 12.1 Å². The molecule has 3 N–H and O–H groups in total. The molecule has 1 fully saturated rings. The second-order valence-electron chi connectivity index (χ2n) is 4.91. The van der Waals surface area contributed by atoms with Crippen LogP contribution in [-0.4, -0.2) is 29.5 Å². The minimum absolute atomic E-state index is 0.223. The van der Waals surface area contributed by atoms with Gasteiger partial charge in [-0.25, -0.2) is 9.18 Å². The summed E-state index contributed by atoms with van der Waals surface area (Å²) in [7, 11) is 0. The quantitative estimate of drug-likeness (QED) is 0.752. The molecule has 2 amide bonds. The van der Waals surface area contributed by atoms with Crippen molar-refractivity contribution in [1.29, 1.82) is 0 Å². The van der Waals surface area contributed by atoms with Gasteiger partial charge in [0.05, 0.1) is 12.1 Å². The van der Waals surface area contributed by atoms with Crippen LogP contribution in [0.4, 0.5) is 14.9 Å². The zero-order valence-corrected chi connectivity index (χ0v) is 12.2. The first-order valence-electron chi connectivity index (χ1n) is 6.69. The molecule has 2 rings (SSSR count). The molecule has 2 atom stereocenters. The molecule has 6 heteroatoms. The van der Waals surface area contributed by atoms with Crippen molar-refractivity contribution in [1.82, 2.24) is 5.32 Å². The fourth-order valence-electron chi connectivity index (χ4n) is 2.36. The molecule has 0 radical (unpaired) electrons. The average Bonchev–Trinajstić information content (AvgIpc) is 2.41. The molecule has 0 aliphatic heterocycles. The third kappa shape index (κ3) is 3.86. The molecule has 0 saturated heterocycles. The molecule has 1 aromatic carbocycles. The summed E-state index contributed by atoms with van der Waals surface area (Å²) in [6, 6.07) is 3.95. The Morgan fingerprint density at radius 2 is 2.15 bits per heavy atom. The Kier molecular flexibility index (Phi) is 5.25. The highest BCUT2D eigenvalue weighted by Crippen LogP contribution is 2.22. The van der Waals surface area contributed by atoms with E-state index in [0.29, 0.717) is 17.0 Å². The summed E-state index contributed by atoms with van der Waals surface area (Å²) < 4.78 is 13.6. The fourth-order valence-corrected chi connectivity index (χ4v) is 2.82. The molecule has 0 bridgehead atoms. The van der Waals surface area contributed by atoms with E-state index in [1.807, 2.05) is 0 Å². The Bertz CT molecular complexity index is 484. The molecular formula is C14H19FN2O2S. The molecule has 1 aliphatic rings. The van der Waals surface area contributed by atoms with Crippen molar-refractivity contribution in [3.05, 3.63) is 24.0 Å². The van der Waals surface area contributed by atoms with Gasteiger partial charge < -0.3 is 15.7 Å². The Hall–Kier alpha value is -1.27. The van der Waals surface area contributed by atoms with Gasteiger partial charge in [-0.3, -0.25) is 0 Å². The highest BCUT2D eigenvalue weighted by molar-refractivity contribution is 7.98. The van der Waals surface area contributed by atoms with E-state index in [1.165, 1.54) is 17.8 Å². The number of hydrogen-bond donors (Lipinski definition) is 3. The van der Waals surface area contributed by atoms with E-state index in [2.05, 4.69) is 10.6 Å². The predicted molar refractivity (Wildman–Crippen MR) is 78.6 cm³/mol. The topological polar surface area (TPSA) is 61.4 Å². The lowest BCUT2D eigenvalue weighted by Crippen LogP contribution is -2.46. The molecule has 0 unspecified atom stereocenters. The summed E-state index contributed by atoms with van der Waals surface area (Å²) in [4.78, 5) is 12.4. The first-order chi connectivity index (χ1) is 9.60. The molecule has 1 aliphatic carbocycles. The maximum Gasteiger partial charge on any atom is 0.319 e. The molecule has 1 aromatic rings. The van der Waals surface area contributed by atoms with Crippen LogP contribution in [0.2, 0.25) is 0 Å². The van der Waals surface area contributed by atoms with E-state index >= 15 is 0 Å². The van der Waals surface area contributed by atoms with E-state index in [0.717, 1.165) is 19.3 Å². The van der Waals surface area contributed by atoms with Crippen molar-refractivity contribution in [2.24, 2.45) is 0 Å². The summed E-state index contributed by atoms with van der Waals surface area (Å²) >= 11 is 1.32. The highest BCUT2D eigenvalue weighted by atomic mass is 32.2. The van der Waals surface area contributed by atoms with Crippen LogP contribution in [0.5, 0.6) is 0 Å². The molecule has 0 heterocycles. The zero-order chi connectivity index (χ0) is 14.5. The zero-order valence-electron chi connectivity index (χ0n) is 11.4. The largest absolute Gasteiger partial charge is 0.391 e. The van der Waals surface area contributed by atoms with Gasteiger partial charge in [-0.2, -0.15) is 0 Å². The van der Waals surface area contributed by atoms with Gasteiger partial charge in [0, 0.05) is 10.6 Å². The highest BCUT2D eigenvalue weighted by Gasteiger charge is 2.24. The van der Waals surface area contributed by atoms with Gasteiger partial charge in [0.2, 0.25) is 0 Å². The van der Waals surface area contributed by atoms with Crippen molar-refractivity contribution in [2.45, 2.75) is 42.7 Å². The number of carbonyl (C=O) groups is 1. The van der Waals surface area contributed by atoms with Crippen molar-refractivity contribution in [2.75, 3.05) is 11.6 Å².